The Morgan fingerprint density at radius 1 is 1.44 bits per heavy atom. The van der Waals surface area contributed by atoms with Crippen molar-refractivity contribution in [2.75, 3.05) is 6.61 Å². The Bertz CT molecular complexity index is 365. The summed E-state index contributed by atoms with van der Waals surface area (Å²) in [5.41, 5.74) is 7.55. The van der Waals surface area contributed by atoms with Gasteiger partial charge in [-0.15, -0.1) is 0 Å². The highest BCUT2D eigenvalue weighted by Gasteiger charge is 2.37. The molecule has 1 saturated heterocycles. The van der Waals surface area contributed by atoms with Crippen LogP contribution >= 0.6 is 0 Å². The second-order valence-electron chi connectivity index (χ2n) is 4.80. The first-order valence-electron chi connectivity index (χ1n) is 5.68. The molecule has 0 spiro atoms. The molecule has 1 aliphatic heterocycles. The highest BCUT2D eigenvalue weighted by molar-refractivity contribution is 5.28. The smallest absolute Gasteiger partial charge is 0.123 e. The van der Waals surface area contributed by atoms with Crippen LogP contribution in [-0.4, -0.2) is 12.2 Å². The number of benzene rings is 1. The summed E-state index contributed by atoms with van der Waals surface area (Å²) in [6.45, 7) is 4.63. The molecule has 2 unspecified atom stereocenters. The molecule has 2 N–H and O–H groups in total. The van der Waals surface area contributed by atoms with Gasteiger partial charge in [0.25, 0.3) is 0 Å². The monoisotopic (exact) mass is 223 g/mol. The molecular formula is C13H18FNO. The molecule has 2 nitrogen and oxygen atoms in total. The molecule has 1 aliphatic rings. The molecule has 88 valence electrons. The maximum Gasteiger partial charge on any atom is 0.123 e. The van der Waals surface area contributed by atoms with Crippen molar-refractivity contribution in [2.45, 2.75) is 38.3 Å². The molecule has 0 amide bonds. The van der Waals surface area contributed by atoms with Crippen LogP contribution < -0.4 is 5.73 Å². The van der Waals surface area contributed by atoms with Gasteiger partial charge in [-0.1, -0.05) is 6.07 Å². The number of hydrogen-bond acceptors (Lipinski definition) is 2. The van der Waals surface area contributed by atoms with Gasteiger partial charge in [0, 0.05) is 6.61 Å². The minimum atomic E-state index is -0.347. The molecule has 0 aromatic heterocycles. The van der Waals surface area contributed by atoms with Crippen molar-refractivity contribution in [2.24, 2.45) is 5.73 Å². The Balaban J connectivity index is 2.29. The van der Waals surface area contributed by atoms with Gasteiger partial charge < -0.3 is 10.5 Å². The van der Waals surface area contributed by atoms with Crippen molar-refractivity contribution in [1.82, 2.24) is 0 Å². The molecule has 1 heterocycles. The largest absolute Gasteiger partial charge is 0.373 e. The lowest BCUT2D eigenvalue weighted by Gasteiger charge is -2.30. The van der Waals surface area contributed by atoms with Crippen LogP contribution in [0.5, 0.6) is 0 Å². The lowest BCUT2D eigenvalue weighted by Crippen LogP contribution is -2.37. The van der Waals surface area contributed by atoms with Gasteiger partial charge in [0.1, 0.15) is 5.82 Å². The summed E-state index contributed by atoms with van der Waals surface area (Å²) in [4.78, 5) is 0. The predicted octanol–water partition coefficient (Wildman–Crippen LogP) is 2.70. The van der Waals surface area contributed by atoms with Gasteiger partial charge in [-0.05, 0) is 49.9 Å². The molecular weight excluding hydrogens is 205 g/mol. The van der Waals surface area contributed by atoms with Crippen LogP contribution in [0.15, 0.2) is 18.2 Å². The number of rotatable bonds is 2. The number of aryl methyl sites for hydroxylation is 1. The molecule has 2 atom stereocenters. The van der Waals surface area contributed by atoms with E-state index in [1.165, 1.54) is 12.1 Å². The maximum absolute atomic E-state index is 13.3. The summed E-state index contributed by atoms with van der Waals surface area (Å²) in [5, 5.41) is 0. The maximum atomic E-state index is 13.3. The number of ether oxygens (including phenoxy) is 1. The van der Waals surface area contributed by atoms with Crippen LogP contribution in [0, 0.1) is 12.7 Å². The zero-order valence-electron chi connectivity index (χ0n) is 9.79. The van der Waals surface area contributed by atoms with Crippen LogP contribution in [0.25, 0.3) is 0 Å². The van der Waals surface area contributed by atoms with Gasteiger partial charge in [-0.3, -0.25) is 0 Å². The number of hydrogen-bond donors (Lipinski definition) is 1. The molecule has 1 fully saturated rings. The van der Waals surface area contributed by atoms with Crippen molar-refractivity contribution in [3.05, 3.63) is 35.1 Å². The van der Waals surface area contributed by atoms with Crippen molar-refractivity contribution in [1.29, 1.82) is 0 Å². The summed E-state index contributed by atoms with van der Waals surface area (Å²) < 4.78 is 19.0. The third kappa shape index (κ3) is 2.11. The average Bonchev–Trinajstić information content (AvgIpc) is 2.64. The van der Waals surface area contributed by atoms with E-state index >= 15 is 0 Å². The first-order chi connectivity index (χ1) is 7.51. The van der Waals surface area contributed by atoms with E-state index in [9.17, 15) is 4.39 Å². The van der Waals surface area contributed by atoms with Crippen molar-refractivity contribution < 1.29 is 9.13 Å². The lowest BCUT2D eigenvalue weighted by molar-refractivity contribution is -0.00179. The van der Waals surface area contributed by atoms with Gasteiger partial charge in [-0.2, -0.15) is 0 Å². The average molecular weight is 223 g/mol. The Hall–Kier alpha value is -0.930. The van der Waals surface area contributed by atoms with Crippen LogP contribution in [-0.2, 0) is 4.74 Å². The Labute approximate surface area is 95.6 Å². The second kappa shape index (κ2) is 4.15. The van der Waals surface area contributed by atoms with Gasteiger partial charge in [-0.25, -0.2) is 4.39 Å². The molecule has 2 rings (SSSR count). The summed E-state index contributed by atoms with van der Waals surface area (Å²) in [6, 6.07) is 4.68. The van der Waals surface area contributed by atoms with Crippen LogP contribution in [0.1, 0.15) is 36.9 Å². The number of nitrogens with two attached hydrogens (primary N) is 1. The minimum absolute atomic E-state index is 0.230. The van der Waals surface area contributed by atoms with E-state index in [0.717, 1.165) is 30.6 Å². The summed E-state index contributed by atoms with van der Waals surface area (Å²) >= 11 is 0. The normalized spacial score (nSPS) is 27.0. The highest BCUT2D eigenvalue weighted by Crippen LogP contribution is 2.36. The number of halogens is 1. The first-order valence-corrected chi connectivity index (χ1v) is 5.68. The zero-order chi connectivity index (χ0) is 11.8. The topological polar surface area (TPSA) is 35.2 Å². The van der Waals surface area contributed by atoms with Gasteiger partial charge in [0.15, 0.2) is 0 Å². The lowest BCUT2D eigenvalue weighted by atomic mass is 9.88. The van der Waals surface area contributed by atoms with Gasteiger partial charge in [0.2, 0.25) is 0 Å². The van der Waals surface area contributed by atoms with Crippen LogP contribution in [0.4, 0.5) is 4.39 Å². The fourth-order valence-electron chi connectivity index (χ4n) is 2.34. The van der Waals surface area contributed by atoms with E-state index in [1.54, 1.807) is 0 Å². The van der Waals surface area contributed by atoms with Gasteiger partial charge in [0.05, 0.1) is 11.6 Å². The van der Waals surface area contributed by atoms with E-state index in [4.69, 9.17) is 10.5 Å². The molecule has 0 bridgehead atoms. The molecule has 16 heavy (non-hydrogen) atoms. The molecule has 1 aromatic rings. The third-order valence-corrected chi connectivity index (χ3v) is 3.33. The van der Waals surface area contributed by atoms with Crippen LogP contribution in [0.2, 0.25) is 0 Å². The molecule has 3 heteroatoms. The van der Waals surface area contributed by atoms with Gasteiger partial charge >= 0.3 is 0 Å². The SMILES string of the molecule is Cc1cc(F)cc(C(N)C2(C)CCCO2)c1. The fraction of sp³-hybridized carbons (Fsp3) is 0.538. The third-order valence-electron chi connectivity index (χ3n) is 3.33. The van der Waals surface area contributed by atoms with Crippen molar-refractivity contribution in [3.8, 4) is 0 Å². The highest BCUT2D eigenvalue weighted by atomic mass is 19.1. The minimum Gasteiger partial charge on any atom is -0.373 e. The molecule has 0 aliphatic carbocycles. The van der Waals surface area contributed by atoms with E-state index in [0.29, 0.717) is 0 Å². The van der Waals surface area contributed by atoms with Crippen molar-refractivity contribution in [3.63, 3.8) is 0 Å². The van der Waals surface area contributed by atoms with E-state index in [-0.39, 0.29) is 17.5 Å². The summed E-state index contributed by atoms with van der Waals surface area (Å²) in [7, 11) is 0. The molecule has 1 aromatic carbocycles. The van der Waals surface area contributed by atoms with E-state index < -0.39 is 0 Å². The Kier molecular flexibility index (Phi) is 3.00. The van der Waals surface area contributed by atoms with Crippen LogP contribution in [0.3, 0.4) is 0 Å². The fourth-order valence-corrected chi connectivity index (χ4v) is 2.34. The Morgan fingerprint density at radius 3 is 2.75 bits per heavy atom. The summed E-state index contributed by atoms with van der Waals surface area (Å²) in [6.07, 6.45) is 1.96. The first kappa shape index (κ1) is 11.6. The molecule has 0 radical (unpaired) electrons. The zero-order valence-corrected chi connectivity index (χ0v) is 9.79. The molecule has 0 saturated carbocycles. The second-order valence-corrected chi connectivity index (χ2v) is 4.80. The summed E-state index contributed by atoms with van der Waals surface area (Å²) in [5.74, 6) is -0.230. The predicted molar refractivity (Wildman–Crippen MR) is 61.7 cm³/mol. The van der Waals surface area contributed by atoms with Crippen molar-refractivity contribution >= 4 is 0 Å². The quantitative estimate of drug-likeness (QED) is 0.836. The standard InChI is InChI=1S/C13H18FNO/c1-9-6-10(8-11(14)7-9)12(15)13(2)4-3-5-16-13/h6-8,12H,3-5,15H2,1-2H3. The van der Waals surface area contributed by atoms with E-state index in [2.05, 4.69) is 0 Å². The van der Waals surface area contributed by atoms with E-state index in [1.807, 2.05) is 19.9 Å². The Morgan fingerprint density at radius 2 is 2.19 bits per heavy atom.